The van der Waals surface area contributed by atoms with Crippen LogP contribution in [0.1, 0.15) is 29.6 Å². The topological polar surface area (TPSA) is 54.5 Å². The first kappa shape index (κ1) is 20.2. The summed E-state index contributed by atoms with van der Waals surface area (Å²) in [6, 6.07) is 5.54. The van der Waals surface area contributed by atoms with E-state index in [0.29, 0.717) is 34.5 Å². The van der Waals surface area contributed by atoms with E-state index < -0.39 is 0 Å². The maximum atomic E-state index is 12.8. The standard InChI is InChI=1S/C21H25AsClN3O2/c22-19-16-2-1-6-24-20(16)17(10-18(19)23)21(27)25-11-14-3-7-26(8-4-14)12-15-5-9-28-13-15/h1-2,6,10,14-15H,3-5,7-9,11-13H2,(H,25,27)/t15-/m1/s1. The number of likely N-dealkylation sites (tertiary alicyclic amines) is 1. The third kappa shape index (κ3) is 4.54. The molecule has 5 nitrogen and oxygen atoms in total. The Bertz CT molecular complexity index is 849. The van der Waals surface area contributed by atoms with Crippen molar-refractivity contribution in [2.45, 2.75) is 19.3 Å². The fraction of sp³-hybridized carbons (Fsp3) is 0.524. The van der Waals surface area contributed by atoms with Gasteiger partial charge >= 0.3 is 150 Å². The molecule has 7 heteroatoms. The van der Waals surface area contributed by atoms with Crippen LogP contribution in [0.2, 0.25) is 5.02 Å². The minimum atomic E-state index is -0.0939. The van der Waals surface area contributed by atoms with Gasteiger partial charge in [0.05, 0.1) is 6.61 Å². The Labute approximate surface area is 179 Å². The number of fused-ring (bicyclic) bond motifs is 1. The number of hydrogen-bond donors (Lipinski definition) is 1. The van der Waals surface area contributed by atoms with Crippen LogP contribution in [0.3, 0.4) is 0 Å². The second-order valence-electron chi connectivity index (χ2n) is 7.84. The van der Waals surface area contributed by atoms with Crippen molar-refractivity contribution in [3.63, 3.8) is 0 Å². The fourth-order valence-corrected chi connectivity index (χ4v) is 4.90. The van der Waals surface area contributed by atoms with Crippen LogP contribution in [-0.2, 0) is 4.74 Å². The predicted octanol–water partition coefficient (Wildman–Crippen LogP) is 2.16. The SMILES string of the molecule is O=C(NCC1CCN(C[C@H]2CCOC2)CC1)c1cc(Cl)c([As])c2cccnc12. The first-order valence-corrected chi connectivity index (χ1v) is 11.3. The molecule has 2 aliphatic heterocycles. The van der Waals surface area contributed by atoms with Gasteiger partial charge in [0.25, 0.3) is 0 Å². The molecule has 2 radical (unpaired) electrons. The molecule has 0 saturated carbocycles. The number of aromatic nitrogens is 1. The molecule has 2 aliphatic rings. The van der Waals surface area contributed by atoms with Crippen LogP contribution in [0, 0.1) is 11.8 Å². The molecular weight excluding hydrogens is 437 g/mol. The number of piperidine rings is 1. The average Bonchev–Trinajstić information content (AvgIpc) is 3.23. The number of nitrogens with zero attached hydrogens (tertiary/aromatic N) is 2. The van der Waals surface area contributed by atoms with Gasteiger partial charge in [0.15, 0.2) is 0 Å². The van der Waals surface area contributed by atoms with Crippen LogP contribution < -0.4 is 9.67 Å². The Hall–Kier alpha value is -1.13. The van der Waals surface area contributed by atoms with Crippen LogP contribution in [0.4, 0.5) is 0 Å². The molecule has 148 valence electrons. The number of pyridine rings is 1. The van der Waals surface area contributed by atoms with Crippen LogP contribution >= 0.6 is 11.6 Å². The van der Waals surface area contributed by atoms with Crippen LogP contribution in [0.25, 0.3) is 10.9 Å². The van der Waals surface area contributed by atoms with E-state index in [0.717, 1.165) is 55.4 Å². The van der Waals surface area contributed by atoms with Crippen molar-refractivity contribution < 1.29 is 9.53 Å². The number of carbonyl (C=O) groups excluding carboxylic acids is 1. The third-order valence-corrected chi connectivity index (χ3v) is 7.46. The first-order valence-electron chi connectivity index (χ1n) is 9.96. The van der Waals surface area contributed by atoms with Gasteiger partial charge in [0.1, 0.15) is 0 Å². The van der Waals surface area contributed by atoms with Crippen LogP contribution in [-0.4, -0.2) is 72.0 Å². The Kier molecular flexibility index (Phi) is 6.57. The number of carbonyl (C=O) groups is 1. The zero-order chi connectivity index (χ0) is 19.5. The molecule has 0 spiro atoms. The summed E-state index contributed by atoms with van der Waals surface area (Å²) in [4.78, 5) is 19.8. The molecule has 2 fully saturated rings. The van der Waals surface area contributed by atoms with Gasteiger partial charge in [-0.3, -0.25) is 0 Å². The van der Waals surface area contributed by atoms with E-state index >= 15 is 0 Å². The normalized spacial score (nSPS) is 21.3. The number of halogens is 1. The minimum absolute atomic E-state index is 0.0939. The van der Waals surface area contributed by atoms with Gasteiger partial charge in [-0.2, -0.15) is 0 Å². The Morgan fingerprint density at radius 2 is 2.14 bits per heavy atom. The first-order chi connectivity index (χ1) is 13.6. The van der Waals surface area contributed by atoms with E-state index in [1.807, 2.05) is 12.1 Å². The van der Waals surface area contributed by atoms with Crippen LogP contribution in [0.5, 0.6) is 0 Å². The van der Waals surface area contributed by atoms with E-state index in [1.165, 1.54) is 6.42 Å². The Balaban J connectivity index is 1.33. The summed E-state index contributed by atoms with van der Waals surface area (Å²) in [5.74, 6) is 1.13. The zero-order valence-corrected chi connectivity index (χ0v) is 18.5. The van der Waals surface area contributed by atoms with Crippen molar-refractivity contribution in [2.24, 2.45) is 11.8 Å². The summed E-state index contributed by atoms with van der Waals surface area (Å²) in [5.41, 5.74) is 1.25. The quantitative estimate of drug-likeness (QED) is 0.693. The van der Waals surface area contributed by atoms with Gasteiger partial charge < -0.3 is 4.74 Å². The zero-order valence-electron chi connectivity index (χ0n) is 15.9. The summed E-state index contributed by atoms with van der Waals surface area (Å²) in [7, 11) is 0. The van der Waals surface area contributed by atoms with Crippen molar-refractivity contribution in [3.8, 4) is 0 Å². The molecule has 2 aromatic rings. The molecule has 2 saturated heterocycles. The summed E-state index contributed by atoms with van der Waals surface area (Å²) >= 11 is 8.80. The molecule has 0 aliphatic carbocycles. The molecule has 1 aromatic carbocycles. The van der Waals surface area contributed by atoms with Gasteiger partial charge in [-0.1, -0.05) is 0 Å². The van der Waals surface area contributed by atoms with Gasteiger partial charge in [-0.05, 0) is 12.3 Å². The molecule has 0 bridgehead atoms. The van der Waals surface area contributed by atoms with Gasteiger partial charge in [-0.25, -0.2) is 0 Å². The molecule has 28 heavy (non-hydrogen) atoms. The van der Waals surface area contributed by atoms with E-state index in [9.17, 15) is 4.79 Å². The van der Waals surface area contributed by atoms with Gasteiger partial charge in [0, 0.05) is 6.61 Å². The summed E-state index contributed by atoms with van der Waals surface area (Å²) in [5, 5.41) is 4.60. The van der Waals surface area contributed by atoms with Crippen molar-refractivity contribution in [2.75, 3.05) is 39.4 Å². The van der Waals surface area contributed by atoms with Crippen molar-refractivity contribution in [3.05, 3.63) is 35.0 Å². The Morgan fingerprint density at radius 1 is 1.32 bits per heavy atom. The number of benzene rings is 1. The fourth-order valence-electron chi connectivity index (χ4n) is 4.17. The van der Waals surface area contributed by atoms with E-state index in [2.05, 4.69) is 32.1 Å². The van der Waals surface area contributed by atoms with Crippen molar-refractivity contribution in [1.29, 1.82) is 0 Å². The summed E-state index contributed by atoms with van der Waals surface area (Å²) in [6.07, 6.45) is 5.15. The van der Waals surface area contributed by atoms with Crippen molar-refractivity contribution >= 4 is 49.6 Å². The number of amides is 1. The second kappa shape index (κ2) is 9.13. The summed E-state index contributed by atoms with van der Waals surface area (Å²) < 4.78 is 6.38. The third-order valence-electron chi connectivity index (χ3n) is 5.86. The molecule has 1 aromatic heterocycles. The second-order valence-corrected chi connectivity index (χ2v) is 9.18. The summed E-state index contributed by atoms with van der Waals surface area (Å²) in [6.45, 7) is 5.90. The average molecular weight is 462 g/mol. The van der Waals surface area contributed by atoms with E-state index in [4.69, 9.17) is 16.3 Å². The van der Waals surface area contributed by atoms with E-state index in [1.54, 1.807) is 12.3 Å². The molecule has 0 unspecified atom stereocenters. The molecule has 4 rings (SSSR count). The van der Waals surface area contributed by atoms with Gasteiger partial charge in [-0.15, -0.1) is 0 Å². The molecule has 3 heterocycles. The van der Waals surface area contributed by atoms with Crippen LogP contribution in [0.15, 0.2) is 24.4 Å². The van der Waals surface area contributed by atoms with Gasteiger partial charge in [0.2, 0.25) is 0 Å². The number of ether oxygens (including phenoxy) is 1. The number of hydrogen-bond acceptors (Lipinski definition) is 4. The molecule has 1 N–H and O–H groups in total. The number of nitrogens with one attached hydrogen (secondary N) is 1. The monoisotopic (exact) mass is 461 g/mol. The predicted molar refractivity (Wildman–Crippen MR) is 113 cm³/mol. The molecule has 1 amide bonds. The number of rotatable bonds is 5. The molecule has 1 atom stereocenters. The molecular formula is C21H25AsClN3O2. The maximum absolute atomic E-state index is 12.8. The Morgan fingerprint density at radius 3 is 2.89 bits per heavy atom. The van der Waals surface area contributed by atoms with Crippen molar-refractivity contribution in [1.82, 2.24) is 15.2 Å². The van der Waals surface area contributed by atoms with E-state index in [-0.39, 0.29) is 5.91 Å².